The van der Waals surface area contributed by atoms with Gasteiger partial charge >= 0.3 is 5.97 Å². The van der Waals surface area contributed by atoms with E-state index in [9.17, 15) is 4.79 Å². The summed E-state index contributed by atoms with van der Waals surface area (Å²) in [7, 11) is 0. The molecule has 4 rings (SSSR count). The first-order chi connectivity index (χ1) is 14.5. The average molecular weight is 470 g/mol. The number of benzene rings is 2. The van der Waals surface area contributed by atoms with Crippen LogP contribution in [0, 0.1) is 5.92 Å². The number of carbonyl (C=O) groups is 1. The van der Waals surface area contributed by atoms with E-state index < -0.39 is 5.97 Å². The molecule has 9 heteroatoms. The fraction of sp³-hybridized carbons (Fsp3) is 0.333. The van der Waals surface area contributed by atoms with Gasteiger partial charge in [-0.15, -0.1) is 0 Å². The minimum absolute atomic E-state index is 0.0000254. The molecule has 1 saturated heterocycles. The summed E-state index contributed by atoms with van der Waals surface area (Å²) in [4.78, 5) is 16.2. The Morgan fingerprint density at radius 1 is 1.13 bits per heavy atom. The molecular formula is C21H19Cl3N2O4. The molecule has 6 nitrogen and oxygen atoms in total. The van der Waals surface area contributed by atoms with Crippen LogP contribution in [0.25, 0.3) is 0 Å². The van der Waals surface area contributed by atoms with E-state index in [1.54, 1.807) is 24.3 Å². The van der Waals surface area contributed by atoms with Crippen LogP contribution in [0.1, 0.15) is 23.7 Å². The SMILES string of the molecule is O=C1CC(c2c(Cl)cccc2OC[C@@H]2CNCCO[C@H]2c2ccc(Cl)c(Cl)c2)=NO1. The van der Waals surface area contributed by atoms with Crippen LogP contribution >= 0.6 is 34.8 Å². The lowest BCUT2D eigenvalue weighted by molar-refractivity contribution is -0.140. The Hall–Kier alpha value is -1.83. The lowest BCUT2D eigenvalue weighted by atomic mass is 9.96. The highest BCUT2D eigenvalue weighted by atomic mass is 35.5. The highest BCUT2D eigenvalue weighted by molar-refractivity contribution is 6.42. The molecule has 1 N–H and O–H groups in total. The van der Waals surface area contributed by atoms with E-state index in [0.29, 0.717) is 51.9 Å². The van der Waals surface area contributed by atoms with E-state index in [0.717, 1.165) is 12.1 Å². The summed E-state index contributed by atoms with van der Waals surface area (Å²) in [6.07, 6.45) is -0.161. The number of halogens is 3. The molecule has 30 heavy (non-hydrogen) atoms. The van der Waals surface area contributed by atoms with Crippen molar-refractivity contribution in [2.75, 3.05) is 26.3 Å². The van der Waals surface area contributed by atoms with Crippen LogP contribution in [0.3, 0.4) is 0 Å². The maximum Gasteiger partial charge on any atom is 0.341 e. The normalized spacial score (nSPS) is 21.7. The third-order valence-corrected chi connectivity index (χ3v) is 6.02. The molecule has 2 aromatic carbocycles. The van der Waals surface area contributed by atoms with E-state index in [2.05, 4.69) is 10.5 Å². The molecule has 0 unspecified atom stereocenters. The summed E-state index contributed by atoms with van der Waals surface area (Å²) in [6.45, 7) is 2.36. The first kappa shape index (κ1) is 21.4. The smallest absolute Gasteiger partial charge is 0.341 e. The van der Waals surface area contributed by atoms with Crippen molar-refractivity contribution in [1.29, 1.82) is 0 Å². The van der Waals surface area contributed by atoms with Crippen LogP contribution in [0.4, 0.5) is 0 Å². The van der Waals surface area contributed by atoms with E-state index in [1.807, 2.05) is 12.1 Å². The van der Waals surface area contributed by atoms with Gasteiger partial charge in [0.25, 0.3) is 0 Å². The second kappa shape index (κ2) is 9.54. The number of carbonyl (C=O) groups excluding carboxylic acids is 1. The van der Waals surface area contributed by atoms with Gasteiger partial charge in [0.1, 0.15) is 11.5 Å². The average Bonchev–Trinajstić information content (AvgIpc) is 3.01. The molecule has 158 valence electrons. The molecule has 2 heterocycles. The maximum absolute atomic E-state index is 11.5. The predicted octanol–water partition coefficient (Wildman–Crippen LogP) is 4.65. The van der Waals surface area contributed by atoms with Crippen molar-refractivity contribution in [3.05, 3.63) is 62.6 Å². The monoisotopic (exact) mass is 468 g/mol. The number of nitrogens with zero attached hydrogens (tertiary/aromatic N) is 1. The van der Waals surface area contributed by atoms with Gasteiger partial charge in [-0.1, -0.05) is 52.1 Å². The number of nitrogens with one attached hydrogen (secondary N) is 1. The number of oxime groups is 1. The van der Waals surface area contributed by atoms with E-state index in [-0.39, 0.29) is 18.4 Å². The topological polar surface area (TPSA) is 69.2 Å². The fourth-order valence-electron chi connectivity index (χ4n) is 3.54. The highest BCUT2D eigenvalue weighted by Crippen LogP contribution is 2.34. The van der Waals surface area contributed by atoms with Gasteiger partial charge in [0.2, 0.25) is 0 Å². The first-order valence-corrected chi connectivity index (χ1v) is 10.6. The number of hydrogen-bond donors (Lipinski definition) is 1. The summed E-state index contributed by atoms with van der Waals surface area (Å²) < 4.78 is 12.2. The molecule has 2 atom stereocenters. The molecular weight excluding hydrogens is 451 g/mol. The first-order valence-electron chi connectivity index (χ1n) is 9.48. The molecule has 2 aliphatic heterocycles. The van der Waals surface area contributed by atoms with Gasteiger partial charge in [-0.2, -0.15) is 0 Å². The zero-order valence-electron chi connectivity index (χ0n) is 15.9. The van der Waals surface area contributed by atoms with Crippen LogP contribution in [0.2, 0.25) is 15.1 Å². The Morgan fingerprint density at radius 2 is 2.00 bits per heavy atom. The highest BCUT2D eigenvalue weighted by Gasteiger charge is 2.29. The zero-order valence-corrected chi connectivity index (χ0v) is 18.1. The van der Waals surface area contributed by atoms with Crippen molar-refractivity contribution in [1.82, 2.24) is 5.32 Å². The van der Waals surface area contributed by atoms with Crippen molar-refractivity contribution < 1.29 is 19.1 Å². The summed E-state index contributed by atoms with van der Waals surface area (Å²) >= 11 is 18.7. The van der Waals surface area contributed by atoms with Crippen LogP contribution in [0.15, 0.2) is 41.6 Å². The minimum Gasteiger partial charge on any atom is -0.492 e. The fourth-order valence-corrected chi connectivity index (χ4v) is 4.12. The number of rotatable bonds is 5. The Kier molecular flexibility index (Phi) is 6.80. The molecule has 0 amide bonds. The van der Waals surface area contributed by atoms with E-state index >= 15 is 0 Å². The Balaban J connectivity index is 1.56. The molecule has 0 bridgehead atoms. The molecule has 2 aliphatic rings. The molecule has 0 radical (unpaired) electrons. The summed E-state index contributed by atoms with van der Waals surface area (Å²) in [6, 6.07) is 10.8. The lowest BCUT2D eigenvalue weighted by Crippen LogP contribution is -2.29. The third-order valence-electron chi connectivity index (χ3n) is 4.97. The van der Waals surface area contributed by atoms with Crippen molar-refractivity contribution in [3.8, 4) is 5.75 Å². The van der Waals surface area contributed by atoms with Crippen molar-refractivity contribution in [3.63, 3.8) is 0 Å². The molecule has 0 saturated carbocycles. The van der Waals surface area contributed by atoms with Crippen LogP contribution < -0.4 is 10.1 Å². The van der Waals surface area contributed by atoms with Crippen molar-refractivity contribution in [2.24, 2.45) is 11.1 Å². The standard InChI is InChI=1S/C21H19Cl3N2O4/c22-14-5-4-12(8-16(14)24)21-13(10-25-6-7-28-21)11-29-18-3-1-2-15(23)20(18)17-9-19(27)30-26-17/h1-5,8,13,21,25H,6-7,9-11H2/t13-,21-/m0/s1. The molecule has 2 aromatic rings. The summed E-state index contributed by atoms with van der Waals surface area (Å²) in [5.74, 6) is 0.119. The quantitative estimate of drug-likeness (QED) is 0.645. The van der Waals surface area contributed by atoms with Gasteiger partial charge in [0.05, 0.1) is 46.4 Å². The molecule has 0 spiro atoms. The Morgan fingerprint density at radius 3 is 2.77 bits per heavy atom. The van der Waals surface area contributed by atoms with E-state index in [1.165, 1.54) is 0 Å². The van der Waals surface area contributed by atoms with Crippen LogP contribution in [0.5, 0.6) is 5.75 Å². The van der Waals surface area contributed by atoms with Crippen molar-refractivity contribution >= 4 is 46.5 Å². The van der Waals surface area contributed by atoms with Gasteiger partial charge in [-0.25, -0.2) is 4.79 Å². The van der Waals surface area contributed by atoms with Crippen molar-refractivity contribution in [2.45, 2.75) is 12.5 Å². The minimum atomic E-state index is -0.420. The molecule has 0 aromatic heterocycles. The lowest BCUT2D eigenvalue weighted by Gasteiger charge is -2.26. The van der Waals surface area contributed by atoms with E-state index in [4.69, 9.17) is 49.1 Å². The summed E-state index contributed by atoms with van der Waals surface area (Å²) in [5, 5.41) is 8.63. The van der Waals surface area contributed by atoms with Gasteiger partial charge in [0, 0.05) is 19.0 Å². The predicted molar refractivity (Wildman–Crippen MR) is 116 cm³/mol. The second-order valence-corrected chi connectivity index (χ2v) is 8.25. The maximum atomic E-state index is 11.5. The van der Waals surface area contributed by atoms with Gasteiger partial charge < -0.3 is 19.6 Å². The Bertz CT molecular complexity index is 983. The third kappa shape index (κ3) is 4.74. The zero-order chi connectivity index (χ0) is 21.1. The summed E-state index contributed by atoms with van der Waals surface area (Å²) in [5.41, 5.74) is 1.96. The number of hydrogen-bond acceptors (Lipinski definition) is 6. The van der Waals surface area contributed by atoms with Crippen LogP contribution in [-0.2, 0) is 14.4 Å². The number of ether oxygens (including phenoxy) is 2. The molecule has 0 aliphatic carbocycles. The van der Waals surface area contributed by atoms with Gasteiger partial charge in [0.15, 0.2) is 0 Å². The largest absolute Gasteiger partial charge is 0.492 e. The van der Waals surface area contributed by atoms with Crippen LogP contribution in [-0.4, -0.2) is 38.0 Å². The van der Waals surface area contributed by atoms with Gasteiger partial charge in [-0.3, -0.25) is 0 Å². The van der Waals surface area contributed by atoms with Gasteiger partial charge in [-0.05, 0) is 29.8 Å². The second-order valence-electron chi connectivity index (χ2n) is 7.03. The Labute approximate surface area is 189 Å². The molecule has 1 fully saturated rings.